The van der Waals surface area contributed by atoms with E-state index < -0.39 is 0 Å². The highest BCUT2D eigenvalue weighted by Crippen LogP contribution is 2.27. The highest BCUT2D eigenvalue weighted by molar-refractivity contribution is 5.99. The van der Waals surface area contributed by atoms with Crippen molar-refractivity contribution in [3.05, 3.63) is 78.0 Å². The molecule has 1 N–H and O–H groups in total. The number of anilines is 1. The van der Waals surface area contributed by atoms with Crippen LogP contribution in [0.3, 0.4) is 0 Å². The predicted molar refractivity (Wildman–Crippen MR) is 162 cm³/mol. The second kappa shape index (κ2) is 14.2. The number of methoxy groups -OCH3 is 1. The lowest BCUT2D eigenvalue weighted by Gasteiger charge is -2.36. The van der Waals surface area contributed by atoms with Crippen molar-refractivity contribution in [2.45, 2.75) is 52.3 Å². The third-order valence-electron chi connectivity index (χ3n) is 7.63. The van der Waals surface area contributed by atoms with Crippen molar-refractivity contribution in [2.24, 2.45) is 5.92 Å². The second-order valence-corrected chi connectivity index (χ2v) is 10.9. The van der Waals surface area contributed by atoms with Gasteiger partial charge in [-0.1, -0.05) is 44.2 Å². The van der Waals surface area contributed by atoms with E-state index in [9.17, 15) is 9.59 Å². The van der Waals surface area contributed by atoms with Gasteiger partial charge < -0.3 is 19.7 Å². The molecule has 0 radical (unpaired) electrons. The molecule has 8 nitrogen and oxygen atoms in total. The molecule has 3 atom stereocenters. The molecule has 3 aromatic rings. The van der Waals surface area contributed by atoms with E-state index in [1.165, 1.54) is 5.56 Å². The number of amides is 2. The van der Waals surface area contributed by atoms with Gasteiger partial charge in [-0.15, -0.1) is 0 Å². The molecule has 1 aliphatic rings. The van der Waals surface area contributed by atoms with Gasteiger partial charge in [-0.3, -0.25) is 19.5 Å². The third-order valence-corrected chi connectivity index (χ3v) is 7.63. The van der Waals surface area contributed by atoms with Crippen LogP contribution < -0.4 is 10.1 Å². The number of ether oxygens (including phenoxy) is 2. The Morgan fingerprint density at radius 2 is 1.88 bits per heavy atom. The van der Waals surface area contributed by atoms with E-state index in [-0.39, 0.29) is 29.9 Å². The number of pyridine rings is 1. The van der Waals surface area contributed by atoms with Crippen molar-refractivity contribution >= 4 is 17.5 Å². The number of benzene rings is 2. The average Bonchev–Trinajstić information content (AvgIpc) is 2.98. The smallest absolute Gasteiger partial charge is 0.257 e. The van der Waals surface area contributed by atoms with Crippen LogP contribution in [0.1, 0.15) is 49.5 Å². The van der Waals surface area contributed by atoms with Crippen LogP contribution in [0.5, 0.6) is 5.75 Å². The molecule has 0 saturated heterocycles. The summed E-state index contributed by atoms with van der Waals surface area (Å²) in [6, 6.07) is 19.8. The molecule has 1 aliphatic heterocycles. The van der Waals surface area contributed by atoms with Crippen molar-refractivity contribution in [1.29, 1.82) is 0 Å². The first kappa shape index (κ1) is 30.2. The molecule has 0 fully saturated rings. The number of nitrogens with one attached hydrogen (secondary N) is 1. The summed E-state index contributed by atoms with van der Waals surface area (Å²) in [4.78, 5) is 34.3. The lowest BCUT2D eigenvalue weighted by molar-refractivity contribution is -0.116. The van der Waals surface area contributed by atoms with Crippen molar-refractivity contribution in [1.82, 2.24) is 14.8 Å². The number of rotatable bonds is 7. The van der Waals surface area contributed by atoms with Crippen LogP contribution in [0.4, 0.5) is 5.69 Å². The summed E-state index contributed by atoms with van der Waals surface area (Å²) in [5.41, 5.74) is 4.25. The summed E-state index contributed by atoms with van der Waals surface area (Å²) in [5.74, 6) is 0.417. The molecule has 0 saturated carbocycles. The summed E-state index contributed by atoms with van der Waals surface area (Å²) < 4.78 is 12.2. The lowest BCUT2D eigenvalue weighted by Crippen LogP contribution is -2.46. The van der Waals surface area contributed by atoms with Crippen molar-refractivity contribution < 1.29 is 19.1 Å². The van der Waals surface area contributed by atoms with Gasteiger partial charge in [0, 0.05) is 63.7 Å². The number of aromatic nitrogens is 1. The zero-order valence-corrected chi connectivity index (χ0v) is 24.8. The highest BCUT2D eigenvalue weighted by Gasteiger charge is 2.28. The van der Waals surface area contributed by atoms with Gasteiger partial charge in [0.2, 0.25) is 5.91 Å². The SMILES string of the molecule is CCCC(=O)Nc1ccc2c(c1)C(=O)N(C)C[C@@H](OC)[C@@H](C)CN(Cc1ccc(-c3ccccn3)cc1)[C@H](C)CO2. The van der Waals surface area contributed by atoms with E-state index in [4.69, 9.17) is 9.47 Å². The zero-order chi connectivity index (χ0) is 29.4. The maximum absolute atomic E-state index is 13.6. The summed E-state index contributed by atoms with van der Waals surface area (Å²) >= 11 is 0. The van der Waals surface area contributed by atoms with Crippen LogP contribution >= 0.6 is 0 Å². The molecular formula is C33H42N4O4. The summed E-state index contributed by atoms with van der Waals surface area (Å²) in [6.07, 6.45) is 2.83. The molecule has 0 spiro atoms. The maximum atomic E-state index is 13.6. The standard InChI is InChI=1S/C33H42N4O4/c1-6-9-32(38)35-27-15-16-30-28(18-27)33(39)36(4)21-31(40-5)23(2)19-37(24(3)22-41-30)20-25-11-13-26(14-12-25)29-10-7-8-17-34-29/h7-8,10-18,23-24,31H,6,9,19-22H2,1-5H3,(H,35,38)/t23-,24+,31+/m0/s1. The molecule has 1 aromatic heterocycles. The van der Waals surface area contributed by atoms with E-state index >= 15 is 0 Å². The van der Waals surface area contributed by atoms with Gasteiger partial charge in [0.15, 0.2) is 0 Å². The Kier molecular flexibility index (Phi) is 10.5. The van der Waals surface area contributed by atoms with Gasteiger partial charge in [0.05, 0.1) is 17.4 Å². The molecule has 0 bridgehead atoms. The van der Waals surface area contributed by atoms with E-state index in [1.54, 1.807) is 37.3 Å². The molecule has 218 valence electrons. The fourth-order valence-electron chi connectivity index (χ4n) is 5.15. The van der Waals surface area contributed by atoms with Gasteiger partial charge in [-0.25, -0.2) is 0 Å². The Morgan fingerprint density at radius 3 is 2.56 bits per heavy atom. The highest BCUT2D eigenvalue weighted by atomic mass is 16.5. The lowest BCUT2D eigenvalue weighted by atomic mass is 10.0. The topological polar surface area (TPSA) is 84.0 Å². The molecule has 2 heterocycles. The molecule has 8 heteroatoms. The molecule has 0 aliphatic carbocycles. The summed E-state index contributed by atoms with van der Waals surface area (Å²) in [5, 5.41) is 2.90. The van der Waals surface area contributed by atoms with E-state index in [0.717, 1.165) is 30.8 Å². The predicted octanol–water partition coefficient (Wildman–Crippen LogP) is 5.49. The Labute approximate surface area is 243 Å². The quantitative estimate of drug-likeness (QED) is 0.413. The van der Waals surface area contributed by atoms with E-state index in [0.29, 0.717) is 36.6 Å². The summed E-state index contributed by atoms with van der Waals surface area (Å²) in [6.45, 7) is 8.64. The van der Waals surface area contributed by atoms with Gasteiger partial charge in [-0.2, -0.15) is 0 Å². The zero-order valence-electron chi connectivity index (χ0n) is 24.8. The van der Waals surface area contributed by atoms with Crippen molar-refractivity contribution in [3.8, 4) is 17.0 Å². The van der Waals surface area contributed by atoms with Gasteiger partial charge in [0.1, 0.15) is 12.4 Å². The minimum atomic E-state index is -0.168. The minimum Gasteiger partial charge on any atom is -0.491 e. The van der Waals surface area contributed by atoms with Crippen molar-refractivity contribution in [3.63, 3.8) is 0 Å². The van der Waals surface area contributed by atoms with E-state index in [1.807, 2.05) is 31.3 Å². The number of fused-ring (bicyclic) bond motifs is 1. The second-order valence-electron chi connectivity index (χ2n) is 10.9. The third kappa shape index (κ3) is 7.93. The van der Waals surface area contributed by atoms with Gasteiger partial charge in [-0.05, 0) is 55.2 Å². The van der Waals surface area contributed by atoms with Crippen LogP contribution in [0.15, 0.2) is 66.9 Å². The molecule has 0 unspecified atom stereocenters. The van der Waals surface area contributed by atoms with Crippen LogP contribution in [0.25, 0.3) is 11.3 Å². The number of likely N-dealkylation sites (N-methyl/N-ethyl adjacent to an activating group) is 1. The molecule has 4 rings (SSSR count). The first-order valence-corrected chi connectivity index (χ1v) is 14.4. The first-order valence-electron chi connectivity index (χ1n) is 14.4. The Morgan fingerprint density at radius 1 is 1.10 bits per heavy atom. The number of hydrogen-bond acceptors (Lipinski definition) is 6. The number of carbonyl (C=O) groups is 2. The Hall–Kier alpha value is -3.75. The Balaban J connectivity index is 1.58. The monoisotopic (exact) mass is 558 g/mol. The number of carbonyl (C=O) groups excluding carboxylic acids is 2. The minimum absolute atomic E-state index is 0.0643. The van der Waals surface area contributed by atoms with Crippen molar-refractivity contribution in [2.75, 3.05) is 39.2 Å². The van der Waals surface area contributed by atoms with Crippen LogP contribution in [-0.4, -0.2) is 72.6 Å². The van der Waals surface area contributed by atoms with Gasteiger partial charge >= 0.3 is 0 Å². The fraction of sp³-hybridized carbons (Fsp3) is 0.424. The summed E-state index contributed by atoms with van der Waals surface area (Å²) in [7, 11) is 3.48. The maximum Gasteiger partial charge on any atom is 0.257 e. The largest absolute Gasteiger partial charge is 0.491 e. The van der Waals surface area contributed by atoms with Crippen LogP contribution in [0, 0.1) is 5.92 Å². The number of hydrogen-bond donors (Lipinski definition) is 1. The fourth-order valence-corrected chi connectivity index (χ4v) is 5.15. The Bertz CT molecular complexity index is 1300. The van der Waals surface area contributed by atoms with Crippen LogP contribution in [-0.2, 0) is 16.1 Å². The molecule has 2 amide bonds. The van der Waals surface area contributed by atoms with Crippen LogP contribution in [0.2, 0.25) is 0 Å². The number of nitrogens with zero attached hydrogens (tertiary/aromatic N) is 3. The van der Waals surface area contributed by atoms with E-state index in [2.05, 4.69) is 53.3 Å². The normalized spacial score (nSPS) is 20.4. The molecular weight excluding hydrogens is 516 g/mol. The molecule has 2 aromatic carbocycles. The first-order chi connectivity index (χ1) is 19.8. The molecule has 41 heavy (non-hydrogen) atoms. The van der Waals surface area contributed by atoms with Gasteiger partial charge in [0.25, 0.3) is 5.91 Å². The average molecular weight is 559 g/mol.